The van der Waals surface area contributed by atoms with Gasteiger partial charge in [0.05, 0.1) is 17.1 Å². The second-order valence-corrected chi connectivity index (χ2v) is 21.0. The zero-order valence-corrected chi connectivity index (χ0v) is 36.6. The fourth-order valence-electron chi connectivity index (χ4n) is 11.3. The van der Waals surface area contributed by atoms with Crippen LogP contribution in [0.15, 0.2) is 255 Å². The van der Waals surface area contributed by atoms with Gasteiger partial charge < -0.3 is 14.4 Å². The SMILES string of the molecule is C=CC(=CC=Cn1c2ccccc2c2ccccc21)N(c1ccc([Si](c2ccccc2)(c2ccccc2)c2ccccc2)cc1)c1cc2c3c(c1)C1C=CC=CC1N3C1=CC=CCC12. The van der Waals surface area contributed by atoms with E-state index >= 15 is 0 Å². The van der Waals surface area contributed by atoms with E-state index in [0.29, 0.717) is 5.92 Å². The number of para-hydroxylation sites is 2. The molecule has 0 saturated heterocycles. The van der Waals surface area contributed by atoms with E-state index < -0.39 is 8.07 Å². The Balaban J connectivity index is 1.05. The number of rotatable bonds is 10. The lowest BCUT2D eigenvalue weighted by Gasteiger charge is -2.35. The van der Waals surface area contributed by atoms with Gasteiger partial charge in [-0.3, -0.25) is 0 Å². The Hall–Kier alpha value is -7.66. The first-order valence-corrected chi connectivity index (χ1v) is 24.5. The summed E-state index contributed by atoms with van der Waals surface area (Å²) in [7, 11) is -2.73. The molecule has 1 aromatic heterocycles. The number of hydrogen-bond donors (Lipinski definition) is 0. The topological polar surface area (TPSA) is 11.4 Å². The highest BCUT2D eigenvalue weighted by molar-refractivity contribution is 7.19. The smallest absolute Gasteiger partial charge is 0.179 e. The Bertz CT molecular complexity index is 3130. The van der Waals surface area contributed by atoms with E-state index in [-0.39, 0.29) is 12.0 Å². The van der Waals surface area contributed by atoms with Crippen molar-refractivity contribution < 1.29 is 0 Å². The molecule has 306 valence electrons. The van der Waals surface area contributed by atoms with Crippen LogP contribution in [-0.2, 0) is 0 Å². The lowest BCUT2D eigenvalue weighted by molar-refractivity contribution is 0.689. The van der Waals surface area contributed by atoms with E-state index in [9.17, 15) is 0 Å². The number of nitrogens with zero attached hydrogens (tertiary/aromatic N) is 3. The Morgan fingerprint density at radius 2 is 1.16 bits per heavy atom. The highest BCUT2D eigenvalue weighted by Crippen LogP contribution is 2.59. The predicted molar refractivity (Wildman–Crippen MR) is 274 cm³/mol. The van der Waals surface area contributed by atoms with E-state index in [1.165, 1.54) is 65.1 Å². The Labute approximate surface area is 376 Å². The van der Waals surface area contributed by atoms with Crippen LogP contribution in [0.4, 0.5) is 17.1 Å². The van der Waals surface area contributed by atoms with Crippen molar-refractivity contribution in [3.8, 4) is 0 Å². The summed E-state index contributed by atoms with van der Waals surface area (Å²) in [5, 5.41) is 7.92. The normalized spacial score (nSPS) is 18.4. The molecule has 0 N–H and O–H groups in total. The van der Waals surface area contributed by atoms with Crippen molar-refractivity contribution in [3.63, 3.8) is 0 Å². The number of fused-ring (bicyclic) bond motifs is 9. The van der Waals surface area contributed by atoms with Gasteiger partial charge in [0, 0.05) is 57.3 Å². The second kappa shape index (κ2) is 15.6. The molecule has 2 aliphatic heterocycles. The van der Waals surface area contributed by atoms with Crippen LogP contribution in [0.3, 0.4) is 0 Å². The largest absolute Gasteiger partial charge is 0.336 e. The van der Waals surface area contributed by atoms with Gasteiger partial charge in [0.15, 0.2) is 8.07 Å². The third-order valence-electron chi connectivity index (χ3n) is 14.0. The summed E-state index contributed by atoms with van der Waals surface area (Å²) < 4.78 is 2.31. The van der Waals surface area contributed by atoms with Gasteiger partial charge >= 0.3 is 0 Å². The minimum Gasteiger partial charge on any atom is -0.336 e. The molecule has 12 rings (SSSR count). The maximum Gasteiger partial charge on any atom is 0.179 e. The van der Waals surface area contributed by atoms with E-state index in [0.717, 1.165) is 23.5 Å². The molecule has 2 aliphatic carbocycles. The van der Waals surface area contributed by atoms with Crippen LogP contribution in [0.2, 0.25) is 0 Å². The van der Waals surface area contributed by atoms with Crippen molar-refractivity contribution in [3.05, 3.63) is 266 Å². The second-order valence-electron chi connectivity index (χ2n) is 17.2. The molecular formula is C60H47N3Si. The van der Waals surface area contributed by atoms with Gasteiger partial charge in [-0.05, 0) is 99.0 Å². The highest BCUT2D eigenvalue weighted by Gasteiger charge is 2.48. The minimum absolute atomic E-state index is 0.274. The lowest BCUT2D eigenvalue weighted by atomic mass is 9.84. The molecule has 3 unspecified atom stereocenters. The molecule has 3 heterocycles. The first-order chi connectivity index (χ1) is 31.7. The van der Waals surface area contributed by atoms with Crippen molar-refractivity contribution in [2.45, 2.75) is 24.3 Å². The zero-order valence-electron chi connectivity index (χ0n) is 35.6. The third-order valence-corrected chi connectivity index (χ3v) is 18.8. The van der Waals surface area contributed by atoms with Crippen LogP contribution >= 0.6 is 0 Å². The molecule has 8 aromatic rings. The Morgan fingerprint density at radius 3 is 1.78 bits per heavy atom. The van der Waals surface area contributed by atoms with Crippen LogP contribution in [-0.4, -0.2) is 18.7 Å². The summed E-state index contributed by atoms with van der Waals surface area (Å²) >= 11 is 0. The van der Waals surface area contributed by atoms with Crippen LogP contribution < -0.4 is 30.5 Å². The summed E-state index contributed by atoms with van der Waals surface area (Å²) in [6, 6.07) is 65.6. The Morgan fingerprint density at radius 1 is 0.594 bits per heavy atom. The van der Waals surface area contributed by atoms with Gasteiger partial charge in [-0.2, -0.15) is 0 Å². The minimum atomic E-state index is -2.73. The molecule has 0 radical (unpaired) electrons. The van der Waals surface area contributed by atoms with Gasteiger partial charge in [0.25, 0.3) is 0 Å². The van der Waals surface area contributed by atoms with E-state index in [1.807, 2.05) is 6.08 Å². The molecule has 0 saturated carbocycles. The molecule has 0 amide bonds. The first-order valence-electron chi connectivity index (χ1n) is 22.5. The number of anilines is 3. The summed E-state index contributed by atoms with van der Waals surface area (Å²) in [6.07, 6.45) is 25.8. The molecule has 3 nitrogen and oxygen atoms in total. The lowest BCUT2D eigenvalue weighted by Crippen LogP contribution is -2.74. The van der Waals surface area contributed by atoms with Gasteiger partial charge in [-0.15, -0.1) is 0 Å². The fourth-order valence-corrected chi connectivity index (χ4v) is 16.0. The summed E-state index contributed by atoms with van der Waals surface area (Å²) in [6.45, 7) is 4.49. The highest BCUT2D eigenvalue weighted by atomic mass is 28.3. The van der Waals surface area contributed by atoms with Crippen molar-refractivity contribution >= 4 is 73.9 Å². The van der Waals surface area contributed by atoms with Gasteiger partial charge in [0.2, 0.25) is 0 Å². The number of benzene rings is 7. The summed E-state index contributed by atoms with van der Waals surface area (Å²) in [5.74, 6) is 0.597. The van der Waals surface area contributed by atoms with E-state index in [4.69, 9.17) is 0 Å². The Kier molecular flexibility index (Phi) is 9.27. The molecule has 0 bridgehead atoms. The molecule has 0 fully saturated rings. The molecule has 7 aromatic carbocycles. The number of aromatic nitrogens is 1. The van der Waals surface area contributed by atoms with Gasteiger partial charge in [-0.1, -0.05) is 183 Å². The molecule has 4 aliphatic rings. The van der Waals surface area contributed by atoms with E-state index in [1.54, 1.807) is 0 Å². The molecule has 0 spiro atoms. The summed E-state index contributed by atoms with van der Waals surface area (Å²) in [5.41, 5.74) is 11.2. The van der Waals surface area contributed by atoms with Gasteiger partial charge in [0.1, 0.15) is 0 Å². The van der Waals surface area contributed by atoms with Crippen molar-refractivity contribution in [2.24, 2.45) is 0 Å². The maximum atomic E-state index is 4.49. The molecule has 4 heteroatoms. The number of allylic oxidation sites excluding steroid dienone is 9. The fraction of sp³-hybridized carbons (Fsp3) is 0.0667. The zero-order chi connectivity index (χ0) is 42.6. The average molecular weight is 838 g/mol. The maximum absolute atomic E-state index is 4.49. The predicted octanol–water partition coefficient (Wildman–Crippen LogP) is 11.9. The van der Waals surface area contributed by atoms with Gasteiger partial charge in [-0.25, -0.2) is 0 Å². The molecule has 64 heavy (non-hydrogen) atoms. The monoisotopic (exact) mass is 837 g/mol. The van der Waals surface area contributed by atoms with Crippen molar-refractivity contribution in [2.75, 3.05) is 9.80 Å². The summed E-state index contributed by atoms with van der Waals surface area (Å²) in [4.78, 5) is 5.06. The van der Waals surface area contributed by atoms with E-state index in [2.05, 4.69) is 258 Å². The molecular weight excluding hydrogens is 791 g/mol. The van der Waals surface area contributed by atoms with Crippen molar-refractivity contribution in [1.82, 2.24) is 4.57 Å². The first kappa shape index (κ1) is 38.0. The van der Waals surface area contributed by atoms with Crippen molar-refractivity contribution in [1.29, 1.82) is 0 Å². The molecule has 3 atom stereocenters. The van der Waals surface area contributed by atoms with Crippen LogP contribution in [0.1, 0.15) is 29.4 Å². The third kappa shape index (κ3) is 5.87. The van der Waals surface area contributed by atoms with Crippen LogP contribution in [0.25, 0.3) is 28.0 Å². The van der Waals surface area contributed by atoms with Crippen LogP contribution in [0, 0.1) is 0 Å². The van der Waals surface area contributed by atoms with Crippen LogP contribution in [0.5, 0.6) is 0 Å². The average Bonchev–Trinajstić information content (AvgIpc) is 4.00. The number of hydrogen-bond acceptors (Lipinski definition) is 2. The quantitative estimate of drug-likeness (QED) is 0.0772. The standard InChI is InChI=1S/C60H47N3Si/c1-2-43(21-20-40-61-56-32-16-12-28-50(56)51-29-13-17-33-57(51)61)62(45-41-54-52-30-14-18-34-58(52)63-59-35-19-15-31-53(59)55(42-45)60(54)63)44-36-38-49(39-37-44)64(46-22-6-3-7-23-46,47-24-8-4-9-25-47)48-26-10-5-11-27-48/h2-30,32-42,52-53,58H,1,31H2.